The van der Waals surface area contributed by atoms with Gasteiger partial charge in [0.1, 0.15) is 6.04 Å². The quantitative estimate of drug-likeness (QED) is 0.720. The second kappa shape index (κ2) is 7.91. The van der Waals surface area contributed by atoms with Gasteiger partial charge < -0.3 is 19.5 Å². The number of amides is 2. The van der Waals surface area contributed by atoms with Gasteiger partial charge in [-0.25, -0.2) is 0 Å². The molecule has 1 aliphatic heterocycles. The Morgan fingerprint density at radius 1 is 1.29 bits per heavy atom. The van der Waals surface area contributed by atoms with Gasteiger partial charge >= 0.3 is 6.61 Å². The molecule has 1 heterocycles. The minimum Gasteiger partial charge on any atom is -0.493 e. The van der Waals surface area contributed by atoms with E-state index >= 15 is 0 Å². The number of benzene rings is 1. The highest BCUT2D eigenvalue weighted by Crippen LogP contribution is 2.32. The Balaban J connectivity index is 2.10. The number of nitrogens with zero attached hydrogens (tertiary/aromatic N) is 1. The predicted molar refractivity (Wildman–Crippen MR) is 80.2 cm³/mol. The number of halogens is 2. The second-order valence-corrected chi connectivity index (χ2v) is 5.02. The van der Waals surface area contributed by atoms with Crippen LogP contribution in [0.5, 0.6) is 11.5 Å². The second-order valence-electron chi connectivity index (χ2n) is 5.02. The molecule has 2 rings (SSSR count). The van der Waals surface area contributed by atoms with Gasteiger partial charge in [0.25, 0.3) is 5.91 Å². The molecule has 1 aromatic carbocycles. The van der Waals surface area contributed by atoms with E-state index in [2.05, 4.69) is 10.1 Å². The largest absolute Gasteiger partial charge is 0.493 e. The summed E-state index contributed by atoms with van der Waals surface area (Å²) in [5.41, 5.74) is 0.367. The molecule has 1 aliphatic rings. The first-order chi connectivity index (χ1) is 11.5. The monoisotopic (exact) mass is 344 g/mol. The number of methoxy groups -OCH3 is 2. The molecule has 1 fully saturated rings. The molecule has 0 saturated carbocycles. The van der Waals surface area contributed by atoms with Gasteiger partial charge in [0.15, 0.2) is 11.5 Å². The van der Waals surface area contributed by atoms with E-state index in [1.807, 2.05) is 0 Å². The van der Waals surface area contributed by atoms with Crippen molar-refractivity contribution in [2.24, 2.45) is 0 Å². The molecule has 0 spiro atoms. The molecule has 0 aliphatic carbocycles. The van der Waals surface area contributed by atoms with Gasteiger partial charge in [-0.2, -0.15) is 8.78 Å². The Bertz CT molecular complexity index is 612. The molecule has 24 heavy (non-hydrogen) atoms. The van der Waals surface area contributed by atoms with Crippen molar-refractivity contribution in [3.8, 4) is 11.5 Å². The summed E-state index contributed by atoms with van der Waals surface area (Å²) in [6.07, 6.45) is -0.0143. The standard InChI is InChI=1S/C15H18F2N2O5/c1-22-6-5-19-13(20)8-10(14(19)21)18-9-3-4-11(23-2)12(7-9)24-15(16)17/h3-4,7,10,15,18H,5-6,8H2,1-2H3/t10-/m1/s1. The maximum Gasteiger partial charge on any atom is 0.387 e. The van der Waals surface area contributed by atoms with E-state index < -0.39 is 12.7 Å². The van der Waals surface area contributed by atoms with Gasteiger partial charge in [-0.3, -0.25) is 14.5 Å². The number of nitrogens with one attached hydrogen (secondary N) is 1. The lowest BCUT2D eigenvalue weighted by atomic mass is 10.2. The summed E-state index contributed by atoms with van der Waals surface area (Å²) in [5, 5.41) is 2.86. The van der Waals surface area contributed by atoms with Crippen molar-refractivity contribution < 1.29 is 32.6 Å². The molecule has 1 saturated heterocycles. The van der Waals surface area contributed by atoms with Gasteiger partial charge in [0.05, 0.1) is 26.7 Å². The number of carbonyl (C=O) groups is 2. The Morgan fingerprint density at radius 3 is 2.67 bits per heavy atom. The van der Waals surface area contributed by atoms with E-state index in [9.17, 15) is 18.4 Å². The van der Waals surface area contributed by atoms with Crippen LogP contribution in [0.25, 0.3) is 0 Å². The summed E-state index contributed by atoms with van der Waals surface area (Å²) < 4.78 is 39.1. The summed E-state index contributed by atoms with van der Waals surface area (Å²) in [4.78, 5) is 25.2. The Labute approximate surface area is 137 Å². The number of hydrogen-bond acceptors (Lipinski definition) is 6. The highest BCUT2D eigenvalue weighted by atomic mass is 19.3. The first-order valence-electron chi connectivity index (χ1n) is 7.18. The zero-order valence-electron chi connectivity index (χ0n) is 13.3. The van der Waals surface area contributed by atoms with Crippen LogP contribution in [0.3, 0.4) is 0 Å². The lowest BCUT2D eigenvalue weighted by molar-refractivity contribution is -0.139. The number of alkyl halides is 2. The van der Waals surface area contributed by atoms with Crippen LogP contribution in [-0.4, -0.2) is 56.7 Å². The average molecular weight is 344 g/mol. The van der Waals surface area contributed by atoms with Crippen molar-refractivity contribution in [2.75, 3.05) is 32.7 Å². The van der Waals surface area contributed by atoms with Crippen molar-refractivity contribution in [1.29, 1.82) is 0 Å². The van der Waals surface area contributed by atoms with Crippen LogP contribution in [-0.2, 0) is 14.3 Å². The topological polar surface area (TPSA) is 77.1 Å². The number of imide groups is 1. The third-order valence-electron chi connectivity index (χ3n) is 3.48. The number of rotatable bonds is 8. The van der Waals surface area contributed by atoms with Crippen LogP contribution < -0.4 is 14.8 Å². The van der Waals surface area contributed by atoms with Gasteiger partial charge in [0.2, 0.25) is 5.91 Å². The van der Waals surface area contributed by atoms with E-state index in [0.717, 1.165) is 4.90 Å². The Kier molecular flexibility index (Phi) is 5.91. The molecule has 7 nitrogen and oxygen atoms in total. The van der Waals surface area contributed by atoms with E-state index in [1.54, 1.807) is 6.07 Å². The first kappa shape index (κ1) is 17.9. The summed E-state index contributed by atoms with van der Waals surface area (Å²) in [6.45, 7) is -2.58. The molecule has 1 atom stereocenters. The molecular weight excluding hydrogens is 326 g/mol. The van der Waals surface area contributed by atoms with Crippen LogP contribution >= 0.6 is 0 Å². The molecule has 0 radical (unpaired) electrons. The molecule has 0 unspecified atom stereocenters. The predicted octanol–water partition coefficient (Wildman–Crippen LogP) is 1.48. The van der Waals surface area contributed by atoms with Gasteiger partial charge in [-0.1, -0.05) is 0 Å². The molecule has 1 aromatic rings. The molecule has 0 aromatic heterocycles. The first-order valence-corrected chi connectivity index (χ1v) is 7.18. The fourth-order valence-corrected chi connectivity index (χ4v) is 2.37. The smallest absolute Gasteiger partial charge is 0.387 e. The SMILES string of the molecule is COCCN1C(=O)C[C@@H](Nc2ccc(OC)c(OC(F)F)c2)C1=O. The van der Waals surface area contributed by atoms with Gasteiger partial charge in [0, 0.05) is 18.9 Å². The van der Waals surface area contributed by atoms with E-state index in [1.165, 1.54) is 26.4 Å². The van der Waals surface area contributed by atoms with Crippen molar-refractivity contribution in [3.05, 3.63) is 18.2 Å². The average Bonchev–Trinajstić information content (AvgIpc) is 2.79. The summed E-state index contributed by atoms with van der Waals surface area (Å²) in [7, 11) is 2.80. The number of anilines is 1. The van der Waals surface area contributed by atoms with Crippen LogP contribution in [0.4, 0.5) is 14.5 Å². The zero-order chi connectivity index (χ0) is 17.7. The fraction of sp³-hybridized carbons (Fsp3) is 0.467. The van der Waals surface area contributed by atoms with E-state index in [0.29, 0.717) is 5.69 Å². The minimum absolute atomic E-state index is 0.0143. The summed E-state index contributed by atoms with van der Waals surface area (Å²) in [5.74, 6) is -0.724. The van der Waals surface area contributed by atoms with Crippen molar-refractivity contribution in [2.45, 2.75) is 19.1 Å². The third-order valence-corrected chi connectivity index (χ3v) is 3.48. The van der Waals surface area contributed by atoms with E-state index in [4.69, 9.17) is 9.47 Å². The maximum atomic E-state index is 12.4. The highest BCUT2D eigenvalue weighted by molar-refractivity contribution is 6.06. The minimum atomic E-state index is -3.01. The van der Waals surface area contributed by atoms with Crippen LogP contribution in [0, 0.1) is 0 Å². The molecular formula is C15H18F2N2O5. The fourth-order valence-electron chi connectivity index (χ4n) is 2.37. The molecule has 1 N–H and O–H groups in total. The number of ether oxygens (including phenoxy) is 3. The van der Waals surface area contributed by atoms with Crippen LogP contribution in [0.2, 0.25) is 0 Å². The Morgan fingerprint density at radius 2 is 2.04 bits per heavy atom. The summed E-state index contributed by atoms with van der Waals surface area (Å²) in [6, 6.07) is 3.51. The summed E-state index contributed by atoms with van der Waals surface area (Å²) >= 11 is 0. The third kappa shape index (κ3) is 4.10. The molecule has 132 valence electrons. The van der Waals surface area contributed by atoms with Crippen LogP contribution in [0.15, 0.2) is 18.2 Å². The number of carbonyl (C=O) groups excluding carboxylic acids is 2. The Hall–Kier alpha value is -2.42. The maximum absolute atomic E-state index is 12.4. The molecule has 2 amide bonds. The van der Waals surface area contributed by atoms with E-state index in [-0.39, 0.29) is 42.9 Å². The van der Waals surface area contributed by atoms with Crippen molar-refractivity contribution in [3.63, 3.8) is 0 Å². The zero-order valence-corrected chi connectivity index (χ0v) is 13.3. The normalized spacial score (nSPS) is 17.5. The molecule has 9 heteroatoms. The number of hydrogen-bond donors (Lipinski definition) is 1. The van der Waals surface area contributed by atoms with Crippen molar-refractivity contribution in [1.82, 2.24) is 4.90 Å². The van der Waals surface area contributed by atoms with Gasteiger partial charge in [-0.05, 0) is 12.1 Å². The van der Waals surface area contributed by atoms with Crippen molar-refractivity contribution >= 4 is 17.5 Å². The highest BCUT2D eigenvalue weighted by Gasteiger charge is 2.38. The lowest BCUT2D eigenvalue weighted by Gasteiger charge is -2.17. The van der Waals surface area contributed by atoms with Crippen LogP contribution in [0.1, 0.15) is 6.42 Å². The lowest BCUT2D eigenvalue weighted by Crippen LogP contribution is -2.36. The molecule has 0 bridgehead atoms. The van der Waals surface area contributed by atoms with Gasteiger partial charge in [-0.15, -0.1) is 0 Å². The number of likely N-dealkylation sites (tertiary alicyclic amines) is 1.